The fourth-order valence-corrected chi connectivity index (χ4v) is 3.63. The second kappa shape index (κ2) is 7.89. The molecule has 0 unspecified atom stereocenters. The number of amides is 1. The van der Waals surface area contributed by atoms with Crippen LogP contribution in [0.5, 0.6) is 0 Å². The molecule has 2 aromatic carbocycles. The van der Waals surface area contributed by atoms with Crippen molar-refractivity contribution in [3.8, 4) is 0 Å². The van der Waals surface area contributed by atoms with E-state index >= 15 is 0 Å². The third kappa shape index (κ3) is 4.72. The molecule has 3 aromatic rings. The maximum absolute atomic E-state index is 13.7. The summed E-state index contributed by atoms with van der Waals surface area (Å²) in [7, 11) is -3.60. The van der Waals surface area contributed by atoms with Crippen molar-refractivity contribution in [2.24, 2.45) is 0 Å². The molecule has 27 heavy (non-hydrogen) atoms. The van der Waals surface area contributed by atoms with Crippen LogP contribution in [0.1, 0.15) is 5.56 Å². The van der Waals surface area contributed by atoms with Crippen molar-refractivity contribution in [2.45, 2.75) is 6.42 Å². The number of aromatic amines is 1. The largest absolute Gasteiger partial charge is 0.361 e. The molecule has 142 valence electrons. The third-order valence-electron chi connectivity index (χ3n) is 4.24. The van der Waals surface area contributed by atoms with Crippen molar-refractivity contribution in [3.63, 3.8) is 0 Å². The molecule has 2 N–H and O–H groups in total. The summed E-state index contributed by atoms with van der Waals surface area (Å²) in [6.45, 7) is -0.235. The van der Waals surface area contributed by atoms with E-state index in [-0.39, 0.29) is 18.8 Å². The molecule has 0 saturated heterocycles. The first-order valence-corrected chi connectivity index (χ1v) is 10.2. The van der Waals surface area contributed by atoms with Gasteiger partial charge in [0.05, 0.1) is 18.5 Å². The molecule has 0 aliphatic rings. The van der Waals surface area contributed by atoms with Crippen LogP contribution in [0.15, 0.2) is 54.7 Å². The Balaban J connectivity index is 1.69. The van der Waals surface area contributed by atoms with Crippen molar-refractivity contribution < 1.29 is 17.6 Å². The average molecular weight is 389 g/mol. The number of nitrogens with zero attached hydrogens (tertiary/aromatic N) is 1. The molecule has 0 radical (unpaired) electrons. The number of H-pyrrole nitrogens is 1. The van der Waals surface area contributed by atoms with Crippen LogP contribution in [0.2, 0.25) is 0 Å². The van der Waals surface area contributed by atoms with Gasteiger partial charge in [0.2, 0.25) is 15.9 Å². The molecular weight excluding hydrogens is 369 g/mol. The summed E-state index contributed by atoms with van der Waals surface area (Å²) in [4.78, 5) is 15.3. The number of aromatic nitrogens is 1. The van der Waals surface area contributed by atoms with Crippen LogP contribution in [0, 0.1) is 5.82 Å². The number of carbonyl (C=O) groups excluding carboxylic acids is 1. The zero-order valence-electron chi connectivity index (χ0n) is 14.8. The standard InChI is InChI=1S/C19H20FN3O3S/c1-27(25,26)23(13-19(24)22-18-9-5-3-7-16(18)20)11-10-14-12-21-17-8-4-2-6-15(14)17/h2-9,12,21H,10-11,13H2,1H3,(H,22,24). The number of benzene rings is 2. The van der Waals surface area contributed by atoms with Crippen LogP contribution < -0.4 is 5.32 Å². The number of rotatable bonds is 7. The Morgan fingerprint density at radius 1 is 1.15 bits per heavy atom. The normalized spacial score (nSPS) is 11.8. The molecule has 1 amide bonds. The number of fused-ring (bicyclic) bond motifs is 1. The van der Waals surface area contributed by atoms with Crippen molar-refractivity contribution >= 4 is 32.5 Å². The topological polar surface area (TPSA) is 82.3 Å². The number of hydrogen-bond acceptors (Lipinski definition) is 3. The van der Waals surface area contributed by atoms with Crippen molar-refractivity contribution in [2.75, 3.05) is 24.7 Å². The summed E-state index contributed by atoms with van der Waals surface area (Å²) in [6.07, 6.45) is 3.34. The van der Waals surface area contributed by atoms with E-state index in [2.05, 4.69) is 10.3 Å². The predicted octanol–water partition coefficient (Wildman–Crippen LogP) is 2.75. The smallest absolute Gasteiger partial charge is 0.239 e. The van der Waals surface area contributed by atoms with Gasteiger partial charge in [-0.05, 0) is 30.2 Å². The lowest BCUT2D eigenvalue weighted by Gasteiger charge is -2.19. The maximum atomic E-state index is 13.7. The Kier molecular flexibility index (Phi) is 5.57. The highest BCUT2D eigenvalue weighted by Gasteiger charge is 2.21. The monoisotopic (exact) mass is 389 g/mol. The highest BCUT2D eigenvalue weighted by Crippen LogP contribution is 2.19. The number of sulfonamides is 1. The minimum absolute atomic E-state index is 0.0209. The Labute approximate surface area is 157 Å². The molecular formula is C19H20FN3O3S. The Morgan fingerprint density at radius 3 is 2.59 bits per heavy atom. The van der Waals surface area contributed by atoms with E-state index in [1.807, 2.05) is 30.5 Å². The minimum atomic E-state index is -3.60. The molecule has 0 aliphatic heterocycles. The van der Waals surface area contributed by atoms with Gasteiger partial charge in [-0.3, -0.25) is 4.79 Å². The lowest BCUT2D eigenvalue weighted by atomic mass is 10.1. The van der Waals surface area contributed by atoms with Crippen LogP contribution in [0.4, 0.5) is 10.1 Å². The number of carbonyl (C=O) groups is 1. The van der Waals surface area contributed by atoms with E-state index < -0.39 is 21.7 Å². The first kappa shape index (κ1) is 19.1. The van der Waals surface area contributed by atoms with Gasteiger partial charge in [-0.25, -0.2) is 12.8 Å². The fraction of sp³-hybridized carbons (Fsp3) is 0.211. The number of anilines is 1. The SMILES string of the molecule is CS(=O)(=O)N(CCc1c[nH]c2ccccc12)CC(=O)Nc1ccccc1F. The molecule has 1 heterocycles. The molecule has 0 aliphatic carbocycles. The summed E-state index contributed by atoms with van der Waals surface area (Å²) < 4.78 is 38.9. The molecule has 0 atom stereocenters. The second-order valence-corrected chi connectivity index (χ2v) is 8.22. The van der Waals surface area contributed by atoms with Crippen LogP contribution in [-0.2, 0) is 21.2 Å². The number of para-hydroxylation sites is 2. The van der Waals surface area contributed by atoms with Gasteiger partial charge in [-0.2, -0.15) is 4.31 Å². The first-order valence-electron chi connectivity index (χ1n) is 8.39. The van der Waals surface area contributed by atoms with Crippen molar-refractivity contribution in [3.05, 3.63) is 66.1 Å². The van der Waals surface area contributed by atoms with Gasteiger partial charge < -0.3 is 10.3 Å². The summed E-state index contributed by atoms with van der Waals surface area (Å²) >= 11 is 0. The molecule has 0 spiro atoms. The highest BCUT2D eigenvalue weighted by molar-refractivity contribution is 7.88. The van der Waals surface area contributed by atoms with Gasteiger partial charge >= 0.3 is 0 Å². The number of nitrogens with one attached hydrogen (secondary N) is 2. The van der Waals surface area contributed by atoms with Crippen molar-refractivity contribution in [1.82, 2.24) is 9.29 Å². The number of hydrogen-bond donors (Lipinski definition) is 2. The zero-order chi connectivity index (χ0) is 19.4. The minimum Gasteiger partial charge on any atom is -0.361 e. The Morgan fingerprint density at radius 2 is 1.85 bits per heavy atom. The molecule has 6 nitrogen and oxygen atoms in total. The van der Waals surface area contributed by atoms with E-state index in [9.17, 15) is 17.6 Å². The van der Waals surface area contributed by atoms with Crippen LogP contribution in [0.25, 0.3) is 10.9 Å². The maximum Gasteiger partial charge on any atom is 0.239 e. The Bertz CT molecular complexity index is 1060. The summed E-state index contributed by atoms with van der Waals surface area (Å²) in [5.74, 6) is -1.17. The Hall–Kier alpha value is -2.71. The third-order valence-corrected chi connectivity index (χ3v) is 5.49. The molecule has 8 heteroatoms. The molecule has 0 fully saturated rings. The van der Waals surface area contributed by atoms with E-state index in [0.717, 1.165) is 27.0 Å². The second-order valence-electron chi connectivity index (χ2n) is 6.23. The first-order chi connectivity index (χ1) is 12.8. The van der Waals surface area contributed by atoms with E-state index in [4.69, 9.17) is 0 Å². The average Bonchev–Trinajstić information content (AvgIpc) is 3.03. The summed E-state index contributed by atoms with van der Waals surface area (Å²) in [6, 6.07) is 13.5. The van der Waals surface area contributed by atoms with Gasteiger partial charge in [0.25, 0.3) is 0 Å². The lowest BCUT2D eigenvalue weighted by Crippen LogP contribution is -2.38. The summed E-state index contributed by atoms with van der Waals surface area (Å²) in [5.41, 5.74) is 1.96. The zero-order valence-corrected chi connectivity index (χ0v) is 15.6. The molecule has 1 aromatic heterocycles. The van der Waals surface area contributed by atoms with Crippen molar-refractivity contribution in [1.29, 1.82) is 0 Å². The van der Waals surface area contributed by atoms with E-state index in [1.165, 1.54) is 18.2 Å². The van der Waals surface area contributed by atoms with Crippen LogP contribution in [0.3, 0.4) is 0 Å². The van der Waals surface area contributed by atoms with Gasteiger partial charge in [-0.15, -0.1) is 0 Å². The lowest BCUT2D eigenvalue weighted by molar-refractivity contribution is -0.116. The predicted molar refractivity (Wildman–Crippen MR) is 103 cm³/mol. The van der Waals surface area contributed by atoms with Crippen LogP contribution >= 0.6 is 0 Å². The van der Waals surface area contributed by atoms with Crippen LogP contribution in [-0.4, -0.2) is 43.0 Å². The van der Waals surface area contributed by atoms with Gasteiger partial charge in [0.15, 0.2) is 0 Å². The van der Waals surface area contributed by atoms with E-state index in [0.29, 0.717) is 6.42 Å². The molecule has 3 rings (SSSR count). The van der Waals surface area contributed by atoms with Gasteiger partial charge in [0.1, 0.15) is 5.82 Å². The fourth-order valence-electron chi connectivity index (χ4n) is 2.86. The summed E-state index contributed by atoms with van der Waals surface area (Å²) in [5, 5.41) is 3.42. The highest BCUT2D eigenvalue weighted by atomic mass is 32.2. The molecule has 0 bridgehead atoms. The molecule has 0 saturated carbocycles. The van der Waals surface area contributed by atoms with Gasteiger partial charge in [0, 0.05) is 23.6 Å². The number of halogens is 1. The van der Waals surface area contributed by atoms with E-state index in [1.54, 1.807) is 6.07 Å². The van der Waals surface area contributed by atoms with Gasteiger partial charge in [-0.1, -0.05) is 30.3 Å². The quantitative estimate of drug-likeness (QED) is 0.652.